The summed E-state index contributed by atoms with van der Waals surface area (Å²) in [7, 11) is 3.76. The molecule has 0 amide bonds. The lowest BCUT2D eigenvalue weighted by atomic mass is 9.97. The first-order valence-electron chi connectivity index (χ1n) is 11.4. The highest BCUT2D eigenvalue weighted by Gasteiger charge is 2.23. The molecule has 0 atom stereocenters. The first-order valence-corrected chi connectivity index (χ1v) is 11.4. The van der Waals surface area contributed by atoms with E-state index >= 15 is 0 Å². The van der Waals surface area contributed by atoms with Crippen LogP contribution >= 0.6 is 0 Å². The maximum absolute atomic E-state index is 13.3. The van der Waals surface area contributed by atoms with Gasteiger partial charge in [-0.05, 0) is 93.6 Å². The number of carbonyl (C=O) groups excluding carboxylic acids is 1. The number of likely N-dealkylation sites (tertiary alicyclic amines) is 1. The minimum Gasteiger partial charge on any atom is -0.508 e. The summed E-state index contributed by atoms with van der Waals surface area (Å²) in [5.74, 6) is 1.02. The van der Waals surface area contributed by atoms with E-state index in [-0.39, 0.29) is 17.3 Å². The second kappa shape index (κ2) is 10.4. The number of hydrogen-bond acceptors (Lipinski definition) is 6. The number of hydrogen-bond donors (Lipinski definition) is 2. The van der Waals surface area contributed by atoms with Crippen molar-refractivity contribution in [2.45, 2.75) is 19.3 Å². The molecule has 0 unspecified atom stereocenters. The number of ketones is 1. The van der Waals surface area contributed by atoms with E-state index < -0.39 is 0 Å². The van der Waals surface area contributed by atoms with Crippen molar-refractivity contribution in [2.24, 2.45) is 0 Å². The number of phenolic OH excluding ortho intramolecular Hbond substituents is 2. The molecule has 1 aliphatic heterocycles. The summed E-state index contributed by atoms with van der Waals surface area (Å²) in [6.07, 6.45) is 4.28. The smallest absolute Gasteiger partial charge is 0.197 e. The summed E-state index contributed by atoms with van der Waals surface area (Å²) in [5.41, 5.74) is 1.96. The van der Waals surface area contributed by atoms with Gasteiger partial charge in [-0.15, -0.1) is 0 Å². The lowest BCUT2D eigenvalue weighted by Gasteiger charge is -2.20. The van der Waals surface area contributed by atoms with Crippen LogP contribution in [0.15, 0.2) is 71.1 Å². The Kier molecular flexibility index (Phi) is 7.18. The van der Waals surface area contributed by atoms with Gasteiger partial charge in [-0.1, -0.05) is 6.42 Å². The SMILES string of the molecule is CN1CCCCC1.COc1ccc(C(=O)c2c(-c3ccc(O)cc3)oc3cc(O)ccc23)cc1. The van der Waals surface area contributed by atoms with E-state index in [2.05, 4.69) is 11.9 Å². The van der Waals surface area contributed by atoms with Gasteiger partial charge < -0.3 is 24.3 Å². The molecular weight excluding hydrogens is 430 g/mol. The molecule has 2 N–H and O–H groups in total. The number of nitrogens with zero attached hydrogens (tertiary/aromatic N) is 1. The van der Waals surface area contributed by atoms with Gasteiger partial charge in [-0.2, -0.15) is 0 Å². The lowest BCUT2D eigenvalue weighted by molar-refractivity contribution is 0.104. The van der Waals surface area contributed by atoms with E-state index in [9.17, 15) is 15.0 Å². The van der Waals surface area contributed by atoms with Crippen molar-refractivity contribution >= 4 is 16.8 Å². The zero-order valence-corrected chi connectivity index (χ0v) is 19.5. The molecule has 1 aliphatic rings. The Morgan fingerprint density at radius 1 is 0.882 bits per heavy atom. The van der Waals surface area contributed by atoms with Gasteiger partial charge in [0.05, 0.1) is 12.7 Å². The summed E-state index contributed by atoms with van der Waals surface area (Å²) in [5, 5.41) is 19.9. The van der Waals surface area contributed by atoms with Gasteiger partial charge in [0.15, 0.2) is 5.78 Å². The fourth-order valence-corrected chi connectivity index (χ4v) is 4.07. The highest BCUT2D eigenvalue weighted by molar-refractivity contribution is 6.19. The lowest BCUT2D eigenvalue weighted by Crippen LogP contribution is -2.24. The van der Waals surface area contributed by atoms with Crippen LogP contribution in [0.1, 0.15) is 35.2 Å². The van der Waals surface area contributed by atoms with Crippen LogP contribution in [0.3, 0.4) is 0 Å². The Bertz CT molecular complexity index is 1250. The summed E-state index contributed by atoms with van der Waals surface area (Å²) in [6.45, 7) is 2.64. The van der Waals surface area contributed by atoms with Crippen molar-refractivity contribution in [1.82, 2.24) is 4.90 Å². The molecule has 1 aromatic heterocycles. The molecule has 0 saturated carbocycles. The normalized spacial score (nSPS) is 13.8. The highest BCUT2D eigenvalue weighted by atomic mass is 16.5. The summed E-state index contributed by atoms with van der Waals surface area (Å²) >= 11 is 0. The number of furan rings is 1. The van der Waals surface area contributed by atoms with Crippen LogP contribution in [0.4, 0.5) is 0 Å². The molecule has 34 heavy (non-hydrogen) atoms. The summed E-state index contributed by atoms with van der Waals surface area (Å²) in [6, 6.07) is 17.9. The van der Waals surface area contributed by atoms with Crippen molar-refractivity contribution in [1.29, 1.82) is 0 Å². The van der Waals surface area contributed by atoms with Gasteiger partial charge >= 0.3 is 0 Å². The third kappa shape index (κ3) is 5.24. The number of piperidine rings is 1. The monoisotopic (exact) mass is 459 g/mol. The van der Waals surface area contributed by atoms with Gasteiger partial charge in [0.25, 0.3) is 0 Å². The largest absolute Gasteiger partial charge is 0.508 e. The molecule has 4 aromatic rings. The molecule has 6 nitrogen and oxygen atoms in total. The minimum atomic E-state index is -0.204. The molecular formula is C28H29NO5. The molecule has 2 heterocycles. The predicted octanol–water partition coefficient (Wildman–Crippen LogP) is 5.85. The second-order valence-corrected chi connectivity index (χ2v) is 8.46. The van der Waals surface area contributed by atoms with Crippen LogP contribution in [0.5, 0.6) is 17.2 Å². The van der Waals surface area contributed by atoms with Crippen LogP contribution in [0.2, 0.25) is 0 Å². The zero-order chi connectivity index (χ0) is 24.1. The van der Waals surface area contributed by atoms with E-state index in [1.165, 1.54) is 56.6 Å². The van der Waals surface area contributed by atoms with Crippen molar-refractivity contribution in [3.63, 3.8) is 0 Å². The maximum atomic E-state index is 13.3. The quantitative estimate of drug-likeness (QED) is 0.372. The van der Waals surface area contributed by atoms with Gasteiger partial charge in [0, 0.05) is 22.6 Å². The number of rotatable bonds is 4. The van der Waals surface area contributed by atoms with Crippen LogP contribution in [0, 0.1) is 0 Å². The van der Waals surface area contributed by atoms with E-state index in [1.807, 2.05) is 0 Å². The molecule has 5 rings (SSSR count). The van der Waals surface area contributed by atoms with Crippen molar-refractivity contribution < 1.29 is 24.2 Å². The molecule has 0 radical (unpaired) electrons. The number of fused-ring (bicyclic) bond motifs is 1. The number of ether oxygens (including phenoxy) is 1. The molecule has 176 valence electrons. The van der Waals surface area contributed by atoms with E-state index in [4.69, 9.17) is 9.15 Å². The Morgan fingerprint density at radius 3 is 2.12 bits per heavy atom. The number of benzene rings is 3. The van der Waals surface area contributed by atoms with Crippen LogP contribution in [0.25, 0.3) is 22.3 Å². The van der Waals surface area contributed by atoms with Gasteiger partial charge in [-0.25, -0.2) is 0 Å². The molecule has 3 aromatic carbocycles. The Hall–Kier alpha value is -3.77. The van der Waals surface area contributed by atoms with Gasteiger partial charge in [0.2, 0.25) is 0 Å². The summed E-state index contributed by atoms with van der Waals surface area (Å²) in [4.78, 5) is 15.6. The Labute approximate surface area is 199 Å². The Balaban J connectivity index is 0.000000336. The maximum Gasteiger partial charge on any atom is 0.197 e. The molecule has 0 spiro atoms. The fraction of sp³-hybridized carbons (Fsp3) is 0.250. The van der Waals surface area contributed by atoms with Crippen molar-refractivity contribution in [3.8, 4) is 28.6 Å². The van der Waals surface area contributed by atoms with E-state index in [0.717, 1.165) is 0 Å². The van der Waals surface area contributed by atoms with Crippen LogP contribution < -0.4 is 4.74 Å². The van der Waals surface area contributed by atoms with Crippen LogP contribution in [-0.4, -0.2) is 48.1 Å². The summed E-state index contributed by atoms with van der Waals surface area (Å²) < 4.78 is 11.1. The van der Waals surface area contributed by atoms with E-state index in [0.29, 0.717) is 39.2 Å². The number of phenols is 2. The molecule has 0 aliphatic carbocycles. The first-order chi connectivity index (χ1) is 16.5. The van der Waals surface area contributed by atoms with Crippen LogP contribution in [-0.2, 0) is 0 Å². The van der Waals surface area contributed by atoms with Crippen molar-refractivity contribution in [2.75, 3.05) is 27.2 Å². The molecule has 6 heteroatoms. The number of methoxy groups -OCH3 is 1. The van der Waals surface area contributed by atoms with Crippen molar-refractivity contribution in [3.05, 3.63) is 77.9 Å². The first kappa shape index (κ1) is 23.4. The predicted molar refractivity (Wildman–Crippen MR) is 133 cm³/mol. The second-order valence-electron chi connectivity index (χ2n) is 8.46. The van der Waals surface area contributed by atoms with Gasteiger partial charge in [0.1, 0.15) is 28.6 Å². The molecule has 1 saturated heterocycles. The average Bonchev–Trinajstić information content (AvgIpc) is 3.23. The molecule has 0 bridgehead atoms. The third-order valence-corrected chi connectivity index (χ3v) is 5.96. The minimum absolute atomic E-state index is 0.0527. The zero-order valence-electron chi connectivity index (χ0n) is 19.5. The standard InChI is InChI=1S/C22H16O5.C6H13N/c1-26-17-9-4-13(5-10-17)21(25)20-18-11-8-16(24)12-19(18)27-22(20)14-2-6-15(23)7-3-14;1-7-5-3-2-4-6-7/h2-12,23-24H,1H3;2-6H2,1H3. The van der Waals surface area contributed by atoms with E-state index in [1.54, 1.807) is 49.6 Å². The number of aromatic hydroxyl groups is 2. The highest BCUT2D eigenvalue weighted by Crippen LogP contribution is 2.37. The Morgan fingerprint density at radius 2 is 1.53 bits per heavy atom. The fourth-order valence-electron chi connectivity index (χ4n) is 4.07. The molecule has 1 fully saturated rings. The third-order valence-electron chi connectivity index (χ3n) is 5.96. The average molecular weight is 460 g/mol. The number of carbonyl (C=O) groups is 1. The topological polar surface area (TPSA) is 83.1 Å². The van der Waals surface area contributed by atoms with Gasteiger partial charge in [-0.3, -0.25) is 4.79 Å².